The van der Waals surface area contributed by atoms with Gasteiger partial charge in [-0.25, -0.2) is 22.5 Å². The number of rotatable bonds is 11. The summed E-state index contributed by atoms with van der Waals surface area (Å²) in [6.07, 6.45) is 9.80. The first kappa shape index (κ1) is 40.7. The number of hydrogen-bond donors (Lipinski definition) is 5. The molecular formula is C43H54FN9O6S. The predicted molar refractivity (Wildman–Crippen MR) is 224 cm³/mol. The number of aliphatic hydroxyl groups is 1. The van der Waals surface area contributed by atoms with Crippen molar-refractivity contribution in [3.8, 4) is 0 Å². The molecule has 5 fully saturated rings. The van der Waals surface area contributed by atoms with Crippen molar-refractivity contribution < 1.29 is 32.3 Å². The van der Waals surface area contributed by atoms with Crippen LogP contribution in [0.25, 0.3) is 0 Å². The topological polar surface area (TPSA) is 189 Å². The van der Waals surface area contributed by atoms with Gasteiger partial charge in [-0.15, -0.1) is 0 Å². The van der Waals surface area contributed by atoms with E-state index in [1.54, 1.807) is 29.3 Å². The molecule has 0 radical (unpaired) electrons. The van der Waals surface area contributed by atoms with Crippen molar-refractivity contribution >= 4 is 56.6 Å². The van der Waals surface area contributed by atoms with Crippen molar-refractivity contribution in [2.45, 2.75) is 119 Å². The molecule has 1 aromatic heterocycles. The molecule has 3 amide bonds. The maximum Gasteiger partial charge on any atom is 0.249 e. The summed E-state index contributed by atoms with van der Waals surface area (Å²) in [4.78, 5) is 53.3. The number of aromatic nitrogens is 2. The van der Waals surface area contributed by atoms with Gasteiger partial charge in [-0.05, 0) is 125 Å². The molecule has 6 aliphatic rings. The van der Waals surface area contributed by atoms with Gasteiger partial charge in [0.1, 0.15) is 17.7 Å². The number of aryl methyl sites for hydroxylation is 1. The first-order chi connectivity index (χ1) is 28.8. The second-order valence-electron chi connectivity index (χ2n) is 17.7. The lowest BCUT2D eigenvalue weighted by atomic mass is 9.86. The van der Waals surface area contributed by atoms with Crippen LogP contribution in [0.5, 0.6) is 0 Å². The number of anilines is 5. The second-order valence-corrected chi connectivity index (χ2v) is 19.5. The minimum atomic E-state index is -3.77. The average Bonchev–Trinajstić information content (AvgIpc) is 3.99. The molecule has 0 bridgehead atoms. The molecule has 4 heterocycles. The maximum absolute atomic E-state index is 14.7. The van der Waals surface area contributed by atoms with Gasteiger partial charge in [-0.2, -0.15) is 4.98 Å². The van der Waals surface area contributed by atoms with E-state index in [1.165, 1.54) is 12.1 Å². The SMILES string of the molecule is Cc1cc(S(=O)(=O)NC2CCC(CN3CCN(c4cc(F)cc(NC5CCC(=O)NC5=O)c4)CC3)CC2)ccc1Nc1ncc2c(n1)N([C@@H]1CCC[C@@H](O)C1)C(=O)C21CC1. The Morgan fingerprint density at radius 3 is 2.47 bits per heavy atom. The number of imide groups is 1. The molecule has 320 valence electrons. The summed E-state index contributed by atoms with van der Waals surface area (Å²) >= 11 is 0. The highest BCUT2D eigenvalue weighted by atomic mass is 32.2. The summed E-state index contributed by atoms with van der Waals surface area (Å²) in [5, 5.41) is 19.0. The van der Waals surface area contributed by atoms with Gasteiger partial charge in [-0.1, -0.05) is 0 Å². The summed E-state index contributed by atoms with van der Waals surface area (Å²) in [7, 11) is -3.77. The zero-order chi connectivity index (χ0) is 41.8. The summed E-state index contributed by atoms with van der Waals surface area (Å²) in [6, 6.07) is 8.88. The van der Waals surface area contributed by atoms with E-state index in [1.807, 2.05) is 13.0 Å². The summed E-state index contributed by atoms with van der Waals surface area (Å²) < 4.78 is 44.8. The Kier molecular flexibility index (Phi) is 11.0. The lowest BCUT2D eigenvalue weighted by Crippen LogP contribution is -2.48. The third-order valence-corrected chi connectivity index (χ3v) is 15.0. The van der Waals surface area contributed by atoms with Gasteiger partial charge in [0.05, 0.1) is 16.4 Å². The Morgan fingerprint density at radius 2 is 1.75 bits per heavy atom. The molecule has 15 nitrogen and oxygen atoms in total. The fourth-order valence-electron chi connectivity index (χ4n) is 9.96. The number of carbonyl (C=O) groups is 3. The lowest BCUT2D eigenvalue weighted by Gasteiger charge is -2.39. The fraction of sp³-hybridized carbons (Fsp3) is 0.558. The number of fused-ring (bicyclic) bond motifs is 2. The maximum atomic E-state index is 14.7. The van der Waals surface area contributed by atoms with Crippen molar-refractivity contribution in [3.63, 3.8) is 0 Å². The van der Waals surface area contributed by atoms with Gasteiger partial charge in [0, 0.05) is 80.1 Å². The van der Waals surface area contributed by atoms with Gasteiger partial charge in [-0.3, -0.25) is 29.5 Å². The Balaban J connectivity index is 0.755. The lowest BCUT2D eigenvalue weighted by molar-refractivity contribution is -0.133. The first-order valence-electron chi connectivity index (χ1n) is 21.5. The normalized spacial score (nSPS) is 26.9. The van der Waals surface area contributed by atoms with Crippen molar-refractivity contribution in [2.75, 3.05) is 53.2 Å². The van der Waals surface area contributed by atoms with Crippen molar-refractivity contribution in [1.29, 1.82) is 0 Å². The molecule has 1 spiro atoms. The molecule has 3 aromatic rings. The van der Waals surface area contributed by atoms with Crippen LogP contribution in [0.1, 0.15) is 88.2 Å². The number of nitrogens with one attached hydrogen (secondary N) is 4. The third-order valence-electron chi connectivity index (χ3n) is 13.5. The van der Waals surface area contributed by atoms with Crippen LogP contribution in [-0.4, -0.2) is 103 Å². The summed E-state index contributed by atoms with van der Waals surface area (Å²) in [5.74, 6) is 0.386. The van der Waals surface area contributed by atoms with Crippen LogP contribution in [-0.2, 0) is 29.8 Å². The minimum Gasteiger partial charge on any atom is -0.393 e. The van der Waals surface area contributed by atoms with Gasteiger partial charge < -0.3 is 20.6 Å². The number of halogens is 1. The molecule has 1 unspecified atom stereocenters. The zero-order valence-corrected chi connectivity index (χ0v) is 34.8. The average molecular weight is 844 g/mol. The van der Waals surface area contributed by atoms with Crippen molar-refractivity contribution in [3.05, 3.63) is 59.5 Å². The van der Waals surface area contributed by atoms with E-state index in [-0.39, 0.29) is 35.2 Å². The van der Waals surface area contributed by atoms with E-state index in [4.69, 9.17) is 4.98 Å². The van der Waals surface area contributed by atoms with Crippen molar-refractivity contribution in [2.24, 2.45) is 5.92 Å². The number of nitrogens with zero attached hydrogens (tertiary/aromatic N) is 5. The number of piperidine rings is 1. The van der Waals surface area contributed by atoms with E-state index < -0.39 is 39.3 Å². The molecule has 9 rings (SSSR count). The number of carbonyl (C=O) groups excluding carboxylic acids is 3. The largest absolute Gasteiger partial charge is 0.393 e. The standard InChI is InChI=1S/C43H54FN9O6S/c1-26-19-34(9-10-36(26)47-42-45-24-35-39(49-42)53(41(57)43(35)13-14-43)31-3-2-4-33(54)23-31)60(58,59)50-29-7-5-27(6-8-29)25-51-15-17-52(18-16-51)32-21-28(44)20-30(22-32)46-37-11-12-38(55)48-40(37)56/h9-10,19-22,24,27,29,31,33,37,46,50,54H,2-8,11-18,23,25H2,1H3,(H,45,47,49)(H,48,55,56)/t27?,29?,31-,33-,37?/m1/s1. The van der Waals surface area contributed by atoms with Crippen LogP contribution < -0.4 is 30.5 Å². The van der Waals surface area contributed by atoms with Crippen LogP contribution in [0.15, 0.2) is 47.5 Å². The molecule has 17 heteroatoms. The summed E-state index contributed by atoms with van der Waals surface area (Å²) in [5.41, 5.74) is 2.97. The van der Waals surface area contributed by atoms with Gasteiger partial charge in [0.25, 0.3) is 0 Å². The van der Waals surface area contributed by atoms with Crippen LogP contribution in [0.3, 0.4) is 0 Å². The number of aliphatic hydroxyl groups excluding tert-OH is 1. The first-order valence-corrected chi connectivity index (χ1v) is 23.0. The van der Waals surface area contributed by atoms with Crippen LogP contribution in [0, 0.1) is 18.7 Å². The van der Waals surface area contributed by atoms with Crippen molar-refractivity contribution in [1.82, 2.24) is 24.9 Å². The zero-order valence-electron chi connectivity index (χ0n) is 34.0. The van der Waals surface area contributed by atoms with Crippen LogP contribution >= 0.6 is 0 Å². The highest BCUT2D eigenvalue weighted by Gasteiger charge is 2.61. The highest BCUT2D eigenvalue weighted by Crippen LogP contribution is 2.57. The Labute approximate surface area is 349 Å². The van der Waals surface area contributed by atoms with E-state index in [0.717, 1.165) is 107 Å². The predicted octanol–water partition coefficient (Wildman–Crippen LogP) is 4.23. The van der Waals surface area contributed by atoms with E-state index >= 15 is 0 Å². The number of piperazine rings is 1. The van der Waals surface area contributed by atoms with E-state index in [0.29, 0.717) is 41.9 Å². The third kappa shape index (κ3) is 8.33. The van der Waals surface area contributed by atoms with Crippen LogP contribution in [0.2, 0.25) is 0 Å². The fourth-order valence-corrected chi connectivity index (χ4v) is 11.3. The second kappa shape index (κ2) is 16.3. The molecule has 2 saturated heterocycles. The number of amides is 3. The van der Waals surface area contributed by atoms with Gasteiger partial charge in [0.2, 0.25) is 33.7 Å². The quantitative estimate of drug-likeness (QED) is 0.173. The molecule has 3 saturated carbocycles. The Morgan fingerprint density at radius 1 is 0.967 bits per heavy atom. The monoisotopic (exact) mass is 843 g/mol. The molecule has 60 heavy (non-hydrogen) atoms. The Hall–Kier alpha value is -4.71. The van der Waals surface area contributed by atoms with Crippen LogP contribution in [0.4, 0.5) is 33.2 Å². The minimum absolute atomic E-state index is 0.0624. The number of hydrogen-bond acceptors (Lipinski definition) is 12. The molecule has 5 N–H and O–H groups in total. The number of sulfonamides is 1. The highest BCUT2D eigenvalue weighted by molar-refractivity contribution is 7.89. The van der Waals surface area contributed by atoms with E-state index in [9.17, 15) is 32.3 Å². The number of benzene rings is 2. The van der Waals surface area contributed by atoms with Gasteiger partial charge >= 0.3 is 0 Å². The summed E-state index contributed by atoms with van der Waals surface area (Å²) in [6.45, 7) is 5.89. The van der Waals surface area contributed by atoms with E-state index in [2.05, 4.69) is 35.5 Å². The smallest absolute Gasteiger partial charge is 0.249 e. The van der Waals surface area contributed by atoms with Gasteiger partial charge in [0.15, 0.2) is 0 Å². The molecule has 3 aliphatic heterocycles. The molecule has 2 aromatic carbocycles. The Bertz CT molecular complexity index is 2280. The molecule has 3 atom stereocenters. The molecule has 3 aliphatic carbocycles. The molecular weight excluding hydrogens is 790 g/mol.